The molecule has 32 heavy (non-hydrogen) atoms. The number of hydrogen-bond acceptors (Lipinski definition) is 6. The molecule has 164 valence electrons. The maximum absolute atomic E-state index is 12.9. The summed E-state index contributed by atoms with van der Waals surface area (Å²) in [5.41, 5.74) is 3.18. The van der Waals surface area contributed by atoms with Gasteiger partial charge in [-0.05, 0) is 53.9 Å². The molecule has 0 fully saturated rings. The number of nitrogens with zero attached hydrogens (tertiary/aromatic N) is 5. The molecule has 0 unspecified atom stereocenters. The fourth-order valence-electron chi connectivity index (χ4n) is 3.17. The average Bonchev–Trinajstić information content (AvgIpc) is 3.17. The fourth-order valence-corrected chi connectivity index (χ4v) is 3.17. The van der Waals surface area contributed by atoms with Gasteiger partial charge in [-0.2, -0.15) is 13.2 Å². The molecule has 0 spiro atoms. The second-order valence-corrected chi connectivity index (χ2v) is 7.29. The van der Waals surface area contributed by atoms with Crippen molar-refractivity contribution < 1.29 is 13.2 Å². The van der Waals surface area contributed by atoms with Gasteiger partial charge in [0.15, 0.2) is 0 Å². The van der Waals surface area contributed by atoms with Gasteiger partial charge in [-0.25, -0.2) is 19.9 Å². The van der Waals surface area contributed by atoms with Crippen LogP contribution in [-0.4, -0.2) is 24.5 Å². The standard InChI is InChI=1S/C22H20F3N7/c1-14-7-16(9-17(8-14)30-21-27-6-4-19(31-21)22(23,24)25)15-3-5-26-20(10-15)28-11-18-12-32(2)13-29-18/h3-10,12-13H,11H2,1-2H3,(H,26,28)(H,27,30,31). The number of rotatable bonds is 6. The van der Waals surface area contributed by atoms with Crippen molar-refractivity contribution in [3.05, 3.63) is 78.3 Å². The summed E-state index contributed by atoms with van der Waals surface area (Å²) >= 11 is 0. The minimum atomic E-state index is -4.53. The van der Waals surface area contributed by atoms with Crippen LogP contribution in [0.3, 0.4) is 0 Å². The van der Waals surface area contributed by atoms with Gasteiger partial charge in [0.1, 0.15) is 11.5 Å². The minimum absolute atomic E-state index is 0.121. The van der Waals surface area contributed by atoms with Gasteiger partial charge in [-0.15, -0.1) is 0 Å². The zero-order valence-corrected chi connectivity index (χ0v) is 17.4. The molecular weight excluding hydrogens is 419 g/mol. The Labute approximate surface area is 182 Å². The summed E-state index contributed by atoms with van der Waals surface area (Å²) in [5.74, 6) is 0.564. The lowest BCUT2D eigenvalue weighted by Gasteiger charge is -2.12. The number of pyridine rings is 1. The van der Waals surface area contributed by atoms with Crippen molar-refractivity contribution in [1.82, 2.24) is 24.5 Å². The minimum Gasteiger partial charge on any atom is -0.364 e. The first-order valence-corrected chi connectivity index (χ1v) is 9.72. The van der Waals surface area contributed by atoms with Gasteiger partial charge in [0, 0.05) is 31.3 Å². The van der Waals surface area contributed by atoms with E-state index in [0.717, 1.165) is 34.6 Å². The van der Waals surface area contributed by atoms with E-state index in [9.17, 15) is 13.2 Å². The average molecular weight is 439 g/mol. The molecule has 0 amide bonds. The summed E-state index contributed by atoms with van der Waals surface area (Å²) in [7, 11) is 1.91. The van der Waals surface area contributed by atoms with E-state index in [-0.39, 0.29) is 5.95 Å². The molecule has 0 bridgehead atoms. The quantitative estimate of drug-likeness (QED) is 0.442. The molecule has 0 atom stereocenters. The monoisotopic (exact) mass is 439 g/mol. The van der Waals surface area contributed by atoms with Crippen molar-refractivity contribution in [3.63, 3.8) is 0 Å². The zero-order valence-electron chi connectivity index (χ0n) is 17.4. The molecule has 2 N–H and O–H groups in total. The second kappa shape index (κ2) is 8.66. The largest absolute Gasteiger partial charge is 0.433 e. The van der Waals surface area contributed by atoms with Crippen molar-refractivity contribution in [2.45, 2.75) is 19.6 Å². The third kappa shape index (κ3) is 5.20. The first kappa shape index (κ1) is 21.3. The smallest absolute Gasteiger partial charge is 0.364 e. The van der Waals surface area contributed by atoms with Gasteiger partial charge in [-0.1, -0.05) is 6.07 Å². The van der Waals surface area contributed by atoms with E-state index >= 15 is 0 Å². The van der Waals surface area contributed by atoms with Gasteiger partial charge in [0.25, 0.3) is 0 Å². The van der Waals surface area contributed by atoms with Gasteiger partial charge in [0.2, 0.25) is 5.95 Å². The molecular formula is C22H20F3N7. The summed E-state index contributed by atoms with van der Waals surface area (Å²) in [4.78, 5) is 16.1. The van der Waals surface area contributed by atoms with Gasteiger partial charge in [0.05, 0.1) is 18.6 Å². The molecule has 1 aromatic carbocycles. The van der Waals surface area contributed by atoms with E-state index < -0.39 is 11.9 Å². The number of nitrogens with one attached hydrogen (secondary N) is 2. The first-order valence-electron chi connectivity index (χ1n) is 9.72. The fraction of sp³-hybridized carbons (Fsp3) is 0.182. The highest BCUT2D eigenvalue weighted by Crippen LogP contribution is 2.30. The first-order chi connectivity index (χ1) is 15.3. The van der Waals surface area contributed by atoms with Crippen LogP contribution in [0.2, 0.25) is 0 Å². The topological polar surface area (TPSA) is 80.5 Å². The lowest BCUT2D eigenvalue weighted by atomic mass is 10.0. The number of aromatic nitrogens is 5. The van der Waals surface area contributed by atoms with E-state index in [1.54, 1.807) is 12.5 Å². The highest BCUT2D eigenvalue weighted by Gasteiger charge is 2.32. The Morgan fingerprint density at radius 1 is 0.969 bits per heavy atom. The lowest BCUT2D eigenvalue weighted by Crippen LogP contribution is -2.10. The van der Waals surface area contributed by atoms with E-state index in [2.05, 4.69) is 30.6 Å². The van der Waals surface area contributed by atoms with Crippen molar-refractivity contribution >= 4 is 17.5 Å². The van der Waals surface area contributed by atoms with Crippen molar-refractivity contribution in [3.8, 4) is 11.1 Å². The highest BCUT2D eigenvalue weighted by atomic mass is 19.4. The summed E-state index contributed by atoms with van der Waals surface area (Å²) in [5, 5.41) is 6.11. The lowest BCUT2D eigenvalue weighted by molar-refractivity contribution is -0.141. The summed E-state index contributed by atoms with van der Waals surface area (Å²) in [6.45, 7) is 2.44. The zero-order chi connectivity index (χ0) is 22.7. The third-order valence-corrected chi connectivity index (χ3v) is 4.58. The van der Waals surface area contributed by atoms with Crippen molar-refractivity contribution in [1.29, 1.82) is 0 Å². The molecule has 4 rings (SSSR count). The molecule has 0 aliphatic carbocycles. The molecule has 7 nitrogen and oxygen atoms in total. The third-order valence-electron chi connectivity index (χ3n) is 4.58. The predicted octanol–water partition coefficient (Wildman–Crippen LogP) is 4.96. The Kier molecular flexibility index (Phi) is 5.76. The van der Waals surface area contributed by atoms with E-state index in [4.69, 9.17) is 0 Å². The molecule has 0 saturated carbocycles. The van der Waals surface area contributed by atoms with Crippen LogP contribution < -0.4 is 10.6 Å². The number of halogens is 3. The van der Waals surface area contributed by atoms with Crippen LogP contribution in [-0.2, 0) is 19.8 Å². The summed E-state index contributed by atoms with van der Waals surface area (Å²) < 4.78 is 40.7. The SMILES string of the molecule is Cc1cc(Nc2nccc(C(F)(F)F)n2)cc(-c2ccnc(NCc3cn(C)cn3)c2)c1. The van der Waals surface area contributed by atoms with Crippen LogP contribution in [0.4, 0.5) is 30.6 Å². The van der Waals surface area contributed by atoms with E-state index in [1.807, 2.05) is 55.1 Å². The number of alkyl halides is 3. The van der Waals surface area contributed by atoms with Crippen LogP contribution in [0.1, 0.15) is 17.0 Å². The van der Waals surface area contributed by atoms with Crippen LogP contribution >= 0.6 is 0 Å². The molecule has 0 aliphatic rings. The predicted molar refractivity (Wildman–Crippen MR) is 115 cm³/mol. The molecule has 0 radical (unpaired) electrons. The molecule has 3 aromatic heterocycles. The molecule has 0 saturated heterocycles. The Morgan fingerprint density at radius 2 is 1.78 bits per heavy atom. The van der Waals surface area contributed by atoms with Crippen LogP contribution in [0.15, 0.2) is 61.3 Å². The Bertz CT molecular complexity index is 1230. The highest BCUT2D eigenvalue weighted by molar-refractivity contribution is 5.72. The van der Waals surface area contributed by atoms with Crippen LogP contribution in [0.5, 0.6) is 0 Å². The number of imidazole rings is 1. The number of aryl methyl sites for hydroxylation is 2. The molecule has 4 aromatic rings. The van der Waals surface area contributed by atoms with Crippen LogP contribution in [0.25, 0.3) is 11.1 Å². The van der Waals surface area contributed by atoms with Gasteiger partial charge < -0.3 is 15.2 Å². The van der Waals surface area contributed by atoms with Gasteiger partial charge in [-0.3, -0.25) is 0 Å². The van der Waals surface area contributed by atoms with Crippen molar-refractivity contribution in [2.24, 2.45) is 7.05 Å². The normalized spacial score (nSPS) is 11.4. The molecule has 0 aliphatic heterocycles. The number of hydrogen-bond donors (Lipinski definition) is 2. The van der Waals surface area contributed by atoms with Crippen LogP contribution in [0, 0.1) is 6.92 Å². The van der Waals surface area contributed by atoms with Crippen molar-refractivity contribution in [2.75, 3.05) is 10.6 Å². The van der Waals surface area contributed by atoms with E-state index in [1.165, 1.54) is 0 Å². The Hall–Kier alpha value is -3.95. The van der Waals surface area contributed by atoms with Gasteiger partial charge >= 0.3 is 6.18 Å². The Balaban J connectivity index is 1.55. The summed E-state index contributed by atoms with van der Waals surface area (Å²) in [6.07, 6.45) is 1.90. The maximum atomic E-state index is 12.9. The Morgan fingerprint density at radius 3 is 2.53 bits per heavy atom. The second-order valence-electron chi connectivity index (χ2n) is 7.29. The van der Waals surface area contributed by atoms with E-state index in [0.29, 0.717) is 18.1 Å². The number of anilines is 3. The maximum Gasteiger partial charge on any atom is 0.433 e. The molecule has 3 heterocycles. The summed E-state index contributed by atoms with van der Waals surface area (Å²) in [6, 6.07) is 10.2. The molecule has 10 heteroatoms. The number of benzene rings is 1.